The van der Waals surface area contributed by atoms with E-state index in [-0.39, 0.29) is 0 Å². The molecule has 0 aliphatic rings. The van der Waals surface area contributed by atoms with Crippen molar-refractivity contribution in [2.45, 2.75) is 84.5 Å². The Hall–Kier alpha value is -0.260. The molecule has 0 aromatic heterocycles. The summed E-state index contributed by atoms with van der Waals surface area (Å²) < 4.78 is 0. The topological polar surface area (TPSA) is 0 Å². The van der Waals surface area contributed by atoms with Crippen LogP contribution in [0.5, 0.6) is 0 Å². The molecular formula is C16H32. The van der Waals surface area contributed by atoms with Crippen LogP contribution in [0, 0.1) is 5.92 Å². The molecule has 0 bridgehead atoms. The molecule has 0 heterocycles. The van der Waals surface area contributed by atoms with E-state index in [0.717, 1.165) is 0 Å². The molecular weight excluding hydrogens is 192 g/mol. The van der Waals surface area contributed by atoms with Crippen LogP contribution in [0.2, 0.25) is 0 Å². The summed E-state index contributed by atoms with van der Waals surface area (Å²) in [6.07, 6.45) is 17.7. The van der Waals surface area contributed by atoms with E-state index in [1.165, 1.54) is 70.6 Å². The van der Waals surface area contributed by atoms with E-state index in [2.05, 4.69) is 26.5 Å². The number of rotatable bonds is 12. The van der Waals surface area contributed by atoms with Crippen LogP contribution in [0.15, 0.2) is 12.7 Å². The highest BCUT2D eigenvalue weighted by molar-refractivity contribution is 4.74. The Morgan fingerprint density at radius 2 is 1.25 bits per heavy atom. The molecule has 0 spiro atoms. The molecule has 0 amide bonds. The fourth-order valence-corrected chi connectivity index (χ4v) is 2.07. The Kier molecular flexibility index (Phi) is 12.6. The highest BCUT2D eigenvalue weighted by Gasteiger charge is 1.96. The van der Waals surface area contributed by atoms with Crippen LogP contribution in [0.1, 0.15) is 84.5 Å². The lowest BCUT2D eigenvalue weighted by molar-refractivity contribution is 0.526. The first-order valence-electron chi connectivity index (χ1n) is 7.43. The second kappa shape index (κ2) is 12.8. The summed E-state index contributed by atoms with van der Waals surface area (Å²) in [5, 5.41) is 0. The van der Waals surface area contributed by atoms with Crippen LogP contribution in [0.25, 0.3) is 0 Å². The quantitative estimate of drug-likeness (QED) is 0.277. The van der Waals surface area contributed by atoms with Gasteiger partial charge in [0.15, 0.2) is 0 Å². The Labute approximate surface area is 104 Å². The third-order valence-electron chi connectivity index (χ3n) is 3.42. The van der Waals surface area contributed by atoms with Gasteiger partial charge in [-0.05, 0) is 12.3 Å². The standard InChI is InChI=1S/C16H32/c1-4-6-7-8-9-10-11-12-13-14-15-16(3)5-2/h5,16H,2,4,6-15H2,1,3H3. The normalized spacial score (nSPS) is 12.6. The van der Waals surface area contributed by atoms with Gasteiger partial charge < -0.3 is 0 Å². The minimum atomic E-state index is 0.717. The van der Waals surface area contributed by atoms with Crippen molar-refractivity contribution in [1.82, 2.24) is 0 Å². The van der Waals surface area contributed by atoms with Gasteiger partial charge in [-0.2, -0.15) is 0 Å². The number of allylic oxidation sites excluding steroid dienone is 1. The van der Waals surface area contributed by atoms with Crippen molar-refractivity contribution in [2.75, 3.05) is 0 Å². The minimum absolute atomic E-state index is 0.717. The smallest absolute Gasteiger partial charge is 0.0265 e. The van der Waals surface area contributed by atoms with Gasteiger partial charge in [-0.1, -0.05) is 84.1 Å². The van der Waals surface area contributed by atoms with Crippen LogP contribution in [-0.4, -0.2) is 0 Å². The van der Waals surface area contributed by atoms with Gasteiger partial charge in [-0.3, -0.25) is 0 Å². The van der Waals surface area contributed by atoms with Crippen molar-refractivity contribution in [3.8, 4) is 0 Å². The van der Waals surface area contributed by atoms with Gasteiger partial charge in [-0.15, -0.1) is 6.58 Å². The molecule has 0 aromatic carbocycles. The predicted octanol–water partition coefficient (Wildman–Crippen LogP) is 6.12. The Morgan fingerprint density at radius 1 is 0.812 bits per heavy atom. The van der Waals surface area contributed by atoms with E-state index in [4.69, 9.17) is 0 Å². The molecule has 0 aromatic rings. The summed E-state index contributed by atoms with van der Waals surface area (Å²) >= 11 is 0. The Bertz CT molecular complexity index is 137. The fraction of sp³-hybridized carbons (Fsp3) is 0.875. The first-order valence-corrected chi connectivity index (χ1v) is 7.43. The first kappa shape index (κ1) is 15.7. The van der Waals surface area contributed by atoms with Crippen molar-refractivity contribution in [3.63, 3.8) is 0 Å². The molecule has 0 aliphatic heterocycles. The molecule has 1 atom stereocenters. The average molecular weight is 224 g/mol. The van der Waals surface area contributed by atoms with Gasteiger partial charge in [0.1, 0.15) is 0 Å². The zero-order chi connectivity index (χ0) is 12.1. The third kappa shape index (κ3) is 11.8. The van der Waals surface area contributed by atoms with Crippen molar-refractivity contribution in [1.29, 1.82) is 0 Å². The lowest BCUT2D eigenvalue weighted by atomic mass is 10.0. The largest absolute Gasteiger partial charge is 0.103 e. The molecule has 96 valence electrons. The van der Waals surface area contributed by atoms with E-state index in [1.807, 2.05) is 0 Å². The van der Waals surface area contributed by atoms with E-state index < -0.39 is 0 Å². The molecule has 0 N–H and O–H groups in total. The van der Waals surface area contributed by atoms with Gasteiger partial charge in [0, 0.05) is 0 Å². The summed E-state index contributed by atoms with van der Waals surface area (Å²) in [5.74, 6) is 0.717. The lowest BCUT2D eigenvalue weighted by Crippen LogP contribution is -1.89. The molecule has 0 rings (SSSR count). The minimum Gasteiger partial charge on any atom is -0.103 e. The monoisotopic (exact) mass is 224 g/mol. The van der Waals surface area contributed by atoms with Gasteiger partial charge in [-0.25, -0.2) is 0 Å². The highest BCUT2D eigenvalue weighted by atomic mass is 14.0. The molecule has 0 fully saturated rings. The molecule has 0 aliphatic carbocycles. The summed E-state index contributed by atoms with van der Waals surface area (Å²) in [6, 6.07) is 0. The van der Waals surface area contributed by atoms with E-state index in [0.29, 0.717) is 5.92 Å². The van der Waals surface area contributed by atoms with E-state index in [9.17, 15) is 0 Å². The Morgan fingerprint density at radius 3 is 1.69 bits per heavy atom. The molecule has 0 nitrogen and oxygen atoms in total. The Balaban J connectivity index is 2.96. The summed E-state index contributed by atoms with van der Waals surface area (Å²) in [7, 11) is 0. The van der Waals surface area contributed by atoms with Crippen molar-refractivity contribution < 1.29 is 0 Å². The van der Waals surface area contributed by atoms with Crippen LogP contribution in [0.4, 0.5) is 0 Å². The number of unbranched alkanes of at least 4 members (excludes halogenated alkanes) is 9. The summed E-state index contributed by atoms with van der Waals surface area (Å²) in [6.45, 7) is 8.37. The van der Waals surface area contributed by atoms with Crippen LogP contribution in [-0.2, 0) is 0 Å². The van der Waals surface area contributed by atoms with Gasteiger partial charge in [0.05, 0.1) is 0 Å². The third-order valence-corrected chi connectivity index (χ3v) is 3.42. The second-order valence-electron chi connectivity index (χ2n) is 5.18. The van der Waals surface area contributed by atoms with Crippen LogP contribution in [0.3, 0.4) is 0 Å². The van der Waals surface area contributed by atoms with Gasteiger partial charge in [0.25, 0.3) is 0 Å². The highest BCUT2D eigenvalue weighted by Crippen LogP contribution is 2.13. The first-order chi connectivity index (χ1) is 7.81. The lowest BCUT2D eigenvalue weighted by Gasteiger charge is -2.05. The maximum atomic E-state index is 3.82. The van der Waals surface area contributed by atoms with Crippen molar-refractivity contribution >= 4 is 0 Å². The molecule has 0 heteroatoms. The van der Waals surface area contributed by atoms with Gasteiger partial charge >= 0.3 is 0 Å². The number of hydrogen-bond donors (Lipinski definition) is 0. The summed E-state index contributed by atoms with van der Waals surface area (Å²) in [4.78, 5) is 0. The zero-order valence-electron chi connectivity index (χ0n) is 11.6. The molecule has 16 heavy (non-hydrogen) atoms. The maximum absolute atomic E-state index is 3.82. The number of hydrogen-bond acceptors (Lipinski definition) is 0. The molecule has 1 unspecified atom stereocenters. The SMILES string of the molecule is C=CC(C)CCCCCCCCCCCC. The zero-order valence-corrected chi connectivity index (χ0v) is 11.6. The summed E-state index contributed by atoms with van der Waals surface area (Å²) in [5.41, 5.74) is 0. The maximum Gasteiger partial charge on any atom is -0.0265 e. The molecule has 0 saturated carbocycles. The second-order valence-corrected chi connectivity index (χ2v) is 5.18. The van der Waals surface area contributed by atoms with Crippen molar-refractivity contribution in [3.05, 3.63) is 12.7 Å². The van der Waals surface area contributed by atoms with Gasteiger partial charge in [0.2, 0.25) is 0 Å². The average Bonchev–Trinajstić information content (AvgIpc) is 2.31. The van der Waals surface area contributed by atoms with Crippen LogP contribution < -0.4 is 0 Å². The van der Waals surface area contributed by atoms with Crippen LogP contribution >= 0.6 is 0 Å². The molecule has 0 saturated heterocycles. The van der Waals surface area contributed by atoms with Crippen molar-refractivity contribution in [2.24, 2.45) is 5.92 Å². The van der Waals surface area contributed by atoms with E-state index >= 15 is 0 Å². The molecule has 0 radical (unpaired) electrons. The van der Waals surface area contributed by atoms with E-state index in [1.54, 1.807) is 0 Å². The predicted molar refractivity (Wildman–Crippen MR) is 75.8 cm³/mol. The fourth-order valence-electron chi connectivity index (χ4n) is 2.07.